The summed E-state index contributed by atoms with van der Waals surface area (Å²) in [6.07, 6.45) is 4.07. The average Bonchev–Trinajstić information content (AvgIpc) is 2.19. The van der Waals surface area contributed by atoms with E-state index in [-0.39, 0.29) is 0 Å². The lowest BCUT2D eigenvalue weighted by Gasteiger charge is -2.21. The molecule has 82 valence electrons. The molecule has 0 saturated carbocycles. The Morgan fingerprint density at radius 1 is 0.769 bits per heavy atom. The zero-order chi connectivity index (χ0) is 10.9. The maximum atomic E-state index is 2.39. The fourth-order valence-electron chi connectivity index (χ4n) is 1.44. The zero-order valence-corrected chi connectivity index (χ0v) is 10.9. The van der Waals surface area contributed by atoms with Crippen molar-refractivity contribution >= 4 is 0 Å². The maximum Gasteiger partial charge on any atom is -0.0415 e. The summed E-state index contributed by atoms with van der Waals surface area (Å²) < 4.78 is 0. The predicted molar refractivity (Wildman–Crippen MR) is 64.0 cm³/mol. The first-order valence-corrected chi connectivity index (χ1v) is 6.11. The van der Waals surface area contributed by atoms with E-state index in [9.17, 15) is 0 Å². The van der Waals surface area contributed by atoms with Crippen LogP contribution in [0.5, 0.6) is 0 Å². The molecule has 13 heavy (non-hydrogen) atoms. The van der Waals surface area contributed by atoms with Crippen LogP contribution in [0.3, 0.4) is 0 Å². The topological polar surface area (TPSA) is 0 Å². The van der Waals surface area contributed by atoms with Gasteiger partial charge in [0.1, 0.15) is 0 Å². The van der Waals surface area contributed by atoms with Gasteiger partial charge in [-0.05, 0) is 24.2 Å². The summed E-state index contributed by atoms with van der Waals surface area (Å²) in [4.78, 5) is 0. The summed E-state index contributed by atoms with van der Waals surface area (Å²) in [6, 6.07) is 0. The van der Waals surface area contributed by atoms with E-state index in [0.717, 1.165) is 17.8 Å². The lowest BCUT2D eigenvalue weighted by Crippen LogP contribution is -2.10. The van der Waals surface area contributed by atoms with Crippen LogP contribution in [0.15, 0.2) is 0 Å². The van der Waals surface area contributed by atoms with E-state index >= 15 is 0 Å². The molecule has 0 aromatic rings. The fourth-order valence-corrected chi connectivity index (χ4v) is 1.44. The normalized spacial score (nSPS) is 16.8. The van der Waals surface area contributed by atoms with Gasteiger partial charge in [-0.25, -0.2) is 0 Å². The maximum absolute atomic E-state index is 2.39. The molecule has 0 amide bonds. The highest BCUT2D eigenvalue weighted by atomic mass is 14.2. The Kier molecular flexibility index (Phi) is 12.0. The van der Waals surface area contributed by atoms with Crippen molar-refractivity contribution in [3.05, 3.63) is 0 Å². The van der Waals surface area contributed by atoms with Gasteiger partial charge in [-0.3, -0.25) is 0 Å². The minimum atomic E-state index is 0.906. The van der Waals surface area contributed by atoms with Gasteiger partial charge in [0.15, 0.2) is 0 Å². The molecule has 0 spiro atoms. The van der Waals surface area contributed by atoms with Gasteiger partial charge in [0.25, 0.3) is 0 Å². The molecule has 0 aliphatic rings. The molecule has 0 aliphatic carbocycles. The van der Waals surface area contributed by atoms with E-state index in [2.05, 4.69) is 34.6 Å². The van der Waals surface area contributed by atoms with Crippen LogP contribution in [0.25, 0.3) is 0 Å². The van der Waals surface area contributed by atoms with Gasteiger partial charge in [-0.15, -0.1) is 0 Å². The zero-order valence-electron chi connectivity index (χ0n) is 10.9. The Bertz CT molecular complexity index is 86.0. The first-order chi connectivity index (χ1) is 6.11. The molecule has 0 N–H and O–H groups in total. The van der Waals surface area contributed by atoms with Crippen molar-refractivity contribution in [3.8, 4) is 0 Å². The molecule has 0 nitrogen and oxygen atoms in total. The summed E-state index contributed by atoms with van der Waals surface area (Å²) in [5, 5.41) is 0. The minimum absolute atomic E-state index is 0.906. The molecule has 0 bridgehead atoms. The highest BCUT2D eigenvalue weighted by Crippen LogP contribution is 2.23. The van der Waals surface area contributed by atoms with Gasteiger partial charge in [0.2, 0.25) is 0 Å². The van der Waals surface area contributed by atoms with Crippen molar-refractivity contribution in [2.45, 2.75) is 67.7 Å². The molecule has 3 atom stereocenters. The molecular weight excluding hydrogens is 156 g/mol. The Balaban J connectivity index is 0. The molecule has 0 fully saturated rings. The van der Waals surface area contributed by atoms with E-state index in [0.29, 0.717) is 0 Å². The number of hydrogen-bond acceptors (Lipinski definition) is 0. The summed E-state index contributed by atoms with van der Waals surface area (Å²) in [5.74, 6) is 2.73. The molecular formula is C13H30. The molecule has 0 aromatic heterocycles. The lowest BCUT2D eigenvalue weighted by atomic mass is 9.85. The van der Waals surface area contributed by atoms with Gasteiger partial charge in [-0.2, -0.15) is 0 Å². The molecule has 0 rings (SSSR count). The van der Waals surface area contributed by atoms with Crippen molar-refractivity contribution in [2.24, 2.45) is 17.8 Å². The Hall–Kier alpha value is 0. The van der Waals surface area contributed by atoms with E-state index < -0.39 is 0 Å². The Morgan fingerprint density at radius 3 is 1.54 bits per heavy atom. The van der Waals surface area contributed by atoms with Gasteiger partial charge in [0, 0.05) is 0 Å². The monoisotopic (exact) mass is 186 g/mol. The second-order valence-electron chi connectivity index (χ2n) is 4.11. The van der Waals surface area contributed by atoms with Crippen LogP contribution in [0.4, 0.5) is 0 Å². The first-order valence-electron chi connectivity index (χ1n) is 6.11. The molecule has 3 unspecified atom stereocenters. The second kappa shape index (κ2) is 10.1. The van der Waals surface area contributed by atoms with Crippen LogP contribution in [-0.4, -0.2) is 0 Å². The van der Waals surface area contributed by atoms with Crippen LogP contribution < -0.4 is 0 Å². The van der Waals surface area contributed by atoms with Crippen LogP contribution >= 0.6 is 0 Å². The third-order valence-electron chi connectivity index (χ3n) is 3.09. The van der Waals surface area contributed by atoms with Crippen LogP contribution in [0.1, 0.15) is 67.7 Å². The predicted octanol–water partition coefficient (Wildman–Crippen LogP) is 5.13. The summed E-state index contributed by atoms with van der Waals surface area (Å²) >= 11 is 0. The molecule has 0 saturated heterocycles. The van der Waals surface area contributed by atoms with E-state index in [4.69, 9.17) is 0 Å². The first kappa shape index (κ1) is 15.5. The van der Waals surface area contributed by atoms with Crippen molar-refractivity contribution in [1.82, 2.24) is 0 Å². The Morgan fingerprint density at radius 2 is 1.23 bits per heavy atom. The van der Waals surface area contributed by atoms with Crippen LogP contribution in [0, 0.1) is 17.8 Å². The van der Waals surface area contributed by atoms with Crippen molar-refractivity contribution < 1.29 is 0 Å². The van der Waals surface area contributed by atoms with E-state index in [1.54, 1.807) is 0 Å². The fraction of sp³-hybridized carbons (Fsp3) is 1.00. The minimum Gasteiger partial charge on any atom is -0.0683 e. The number of rotatable bonds is 5. The molecule has 0 heterocycles. The third kappa shape index (κ3) is 8.33. The summed E-state index contributed by atoms with van der Waals surface area (Å²) in [6.45, 7) is 15.7. The molecule has 0 aliphatic heterocycles. The third-order valence-corrected chi connectivity index (χ3v) is 3.09. The van der Waals surface area contributed by atoms with Gasteiger partial charge >= 0.3 is 0 Å². The largest absolute Gasteiger partial charge is 0.0683 e. The van der Waals surface area contributed by atoms with Gasteiger partial charge in [-0.1, -0.05) is 61.3 Å². The average molecular weight is 186 g/mol. The smallest absolute Gasteiger partial charge is 0.0415 e. The van der Waals surface area contributed by atoms with Crippen LogP contribution in [0.2, 0.25) is 0 Å². The second-order valence-corrected chi connectivity index (χ2v) is 4.11. The summed E-state index contributed by atoms with van der Waals surface area (Å²) in [5.41, 5.74) is 0. The van der Waals surface area contributed by atoms with Crippen molar-refractivity contribution in [2.75, 3.05) is 0 Å². The lowest BCUT2D eigenvalue weighted by molar-refractivity contribution is 0.303. The summed E-state index contributed by atoms with van der Waals surface area (Å²) in [7, 11) is 0. The molecule has 0 radical (unpaired) electrons. The standard InChI is InChI=1S/C11H24.C2H6/c1-6-9(3)8-11(5)10(4)7-2;1-2/h9-11H,6-8H2,1-5H3;1-2H3. The van der Waals surface area contributed by atoms with E-state index in [1.165, 1.54) is 19.3 Å². The molecule has 0 aromatic carbocycles. The quantitative estimate of drug-likeness (QED) is 0.558. The molecule has 0 heteroatoms. The highest BCUT2D eigenvalue weighted by molar-refractivity contribution is 4.63. The van der Waals surface area contributed by atoms with Gasteiger partial charge in [0.05, 0.1) is 0 Å². The van der Waals surface area contributed by atoms with E-state index in [1.807, 2.05) is 13.8 Å². The van der Waals surface area contributed by atoms with Crippen LogP contribution in [-0.2, 0) is 0 Å². The van der Waals surface area contributed by atoms with Gasteiger partial charge < -0.3 is 0 Å². The number of hydrogen-bond donors (Lipinski definition) is 0. The van der Waals surface area contributed by atoms with Crippen molar-refractivity contribution in [1.29, 1.82) is 0 Å². The Labute approximate surface area is 86.1 Å². The van der Waals surface area contributed by atoms with Crippen molar-refractivity contribution in [3.63, 3.8) is 0 Å². The SMILES string of the molecule is CC.CCC(C)CC(C)C(C)CC. The highest BCUT2D eigenvalue weighted by Gasteiger charge is 2.12.